The van der Waals surface area contributed by atoms with Crippen molar-refractivity contribution < 1.29 is 0 Å². The predicted octanol–water partition coefficient (Wildman–Crippen LogP) is 2.22. The molecule has 0 fully saturated rings. The minimum absolute atomic E-state index is 0.788. The Morgan fingerprint density at radius 3 is 2.71 bits per heavy atom. The maximum absolute atomic E-state index is 4.47. The van der Waals surface area contributed by atoms with Crippen molar-refractivity contribution in [1.29, 1.82) is 0 Å². The van der Waals surface area contributed by atoms with Crippen LogP contribution in [0.5, 0.6) is 0 Å². The number of fused-ring (bicyclic) bond motifs is 1. The topological polar surface area (TPSA) is 61.4 Å². The van der Waals surface area contributed by atoms with Gasteiger partial charge in [0, 0.05) is 36.6 Å². The number of aryl methyl sites for hydroxylation is 1. The molecule has 0 aliphatic rings. The van der Waals surface area contributed by atoms with Gasteiger partial charge >= 0.3 is 0 Å². The smallest absolute Gasteiger partial charge is 0.153 e. The van der Waals surface area contributed by atoms with Crippen molar-refractivity contribution >= 4 is 10.9 Å². The highest BCUT2D eigenvalue weighted by atomic mass is 15.3. The van der Waals surface area contributed by atoms with Crippen molar-refractivity contribution in [3.8, 4) is 17.1 Å². The Morgan fingerprint density at radius 2 is 1.95 bits per heavy atom. The Labute approximate surface area is 120 Å². The minimum atomic E-state index is 0.788. The van der Waals surface area contributed by atoms with Crippen LogP contribution in [0.4, 0.5) is 0 Å². The van der Waals surface area contributed by atoms with Crippen LogP contribution in [-0.2, 0) is 7.05 Å². The standard InChI is InChI=1S/C15H12N6/c1-20-10-12(9-18-20)13-6-14-11(7-17-13)8-19-21(14)15-4-2-3-5-16-15/h2-10H,1H3. The second-order valence-electron chi connectivity index (χ2n) is 4.78. The van der Waals surface area contributed by atoms with Crippen LogP contribution in [-0.4, -0.2) is 29.5 Å². The Morgan fingerprint density at radius 1 is 1.00 bits per heavy atom. The zero-order valence-electron chi connectivity index (χ0n) is 11.4. The van der Waals surface area contributed by atoms with Gasteiger partial charge < -0.3 is 0 Å². The zero-order valence-corrected chi connectivity index (χ0v) is 11.4. The van der Waals surface area contributed by atoms with E-state index in [0.717, 1.165) is 28.0 Å². The summed E-state index contributed by atoms with van der Waals surface area (Å²) >= 11 is 0. The summed E-state index contributed by atoms with van der Waals surface area (Å²) in [7, 11) is 1.89. The number of hydrogen-bond acceptors (Lipinski definition) is 4. The van der Waals surface area contributed by atoms with Crippen molar-refractivity contribution in [2.75, 3.05) is 0 Å². The molecule has 4 heterocycles. The minimum Gasteiger partial charge on any atom is -0.275 e. The Hall–Kier alpha value is -3.02. The fraction of sp³-hybridized carbons (Fsp3) is 0.0667. The monoisotopic (exact) mass is 276 g/mol. The molecule has 0 spiro atoms. The highest BCUT2D eigenvalue weighted by Crippen LogP contribution is 2.22. The molecule has 0 radical (unpaired) electrons. The molecule has 0 saturated carbocycles. The van der Waals surface area contributed by atoms with Crippen LogP contribution in [0.15, 0.2) is 55.2 Å². The molecule has 21 heavy (non-hydrogen) atoms. The predicted molar refractivity (Wildman–Crippen MR) is 78.9 cm³/mol. The van der Waals surface area contributed by atoms with Crippen molar-refractivity contribution in [2.24, 2.45) is 7.05 Å². The summed E-state index contributed by atoms with van der Waals surface area (Å²) in [6.07, 6.45) is 9.12. The maximum Gasteiger partial charge on any atom is 0.153 e. The molecule has 0 N–H and O–H groups in total. The summed E-state index contributed by atoms with van der Waals surface area (Å²) in [5.74, 6) is 0.788. The molecule has 0 bridgehead atoms. The Bertz CT molecular complexity index is 906. The van der Waals surface area contributed by atoms with E-state index in [-0.39, 0.29) is 0 Å². The number of rotatable bonds is 2. The Balaban J connectivity index is 1.90. The number of aromatic nitrogens is 6. The lowest BCUT2D eigenvalue weighted by Crippen LogP contribution is -1.98. The van der Waals surface area contributed by atoms with E-state index in [2.05, 4.69) is 20.2 Å². The van der Waals surface area contributed by atoms with E-state index in [1.54, 1.807) is 23.3 Å². The van der Waals surface area contributed by atoms with E-state index in [1.807, 2.05) is 48.4 Å². The van der Waals surface area contributed by atoms with E-state index >= 15 is 0 Å². The molecule has 0 saturated heterocycles. The summed E-state index contributed by atoms with van der Waals surface area (Å²) in [5, 5.41) is 9.56. The van der Waals surface area contributed by atoms with Gasteiger partial charge in [-0.05, 0) is 18.2 Å². The average Bonchev–Trinajstić information content (AvgIpc) is 3.13. The van der Waals surface area contributed by atoms with Gasteiger partial charge in [-0.25, -0.2) is 9.67 Å². The summed E-state index contributed by atoms with van der Waals surface area (Å²) < 4.78 is 3.58. The molecular weight excluding hydrogens is 264 g/mol. The third-order valence-corrected chi connectivity index (χ3v) is 3.32. The molecule has 0 aromatic carbocycles. The van der Waals surface area contributed by atoms with E-state index in [4.69, 9.17) is 0 Å². The van der Waals surface area contributed by atoms with Crippen LogP contribution >= 0.6 is 0 Å². The number of pyridine rings is 2. The lowest BCUT2D eigenvalue weighted by Gasteiger charge is -2.03. The summed E-state index contributed by atoms with van der Waals surface area (Å²) in [5.41, 5.74) is 2.82. The first kappa shape index (κ1) is 11.8. The van der Waals surface area contributed by atoms with Gasteiger partial charge in [0.15, 0.2) is 5.82 Å². The lowest BCUT2D eigenvalue weighted by atomic mass is 10.2. The van der Waals surface area contributed by atoms with E-state index < -0.39 is 0 Å². The molecule has 0 aliphatic carbocycles. The molecule has 6 nitrogen and oxygen atoms in total. The van der Waals surface area contributed by atoms with E-state index in [9.17, 15) is 0 Å². The first-order valence-corrected chi connectivity index (χ1v) is 6.55. The van der Waals surface area contributed by atoms with Gasteiger partial charge in [0.1, 0.15) is 0 Å². The van der Waals surface area contributed by atoms with Crippen molar-refractivity contribution in [3.63, 3.8) is 0 Å². The van der Waals surface area contributed by atoms with Gasteiger partial charge in [-0.2, -0.15) is 10.2 Å². The van der Waals surface area contributed by atoms with Crippen LogP contribution in [0.1, 0.15) is 0 Å². The third-order valence-electron chi connectivity index (χ3n) is 3.32. The lowest BCUT2D eigenvalue weighted by molar-refractivity contribution is 0.768. The molecular formula is C15H12N6. The second-order valence-corrected chi connectivity index (χ2v) is 4.78. The Kier molecular flexibility index (Phi) is 2.53. The summed E-state index contributed by atoms with van der Waals surface area (Å²) in [4.78, 5) is 8.81. The van der Waals surface area contributed by atoms with Crippen LogP contribution in [0.2, 0.25) is 0 Å². The van der Waals surface area contributed by atoms with Gasteiger partial charge in [0.2, 0.25) is 0 Å². The number of hydrogen-bond donors (Lipinski definition) is 0. The number of nitrogens with zero attached hydrogens (tertiary/aromatic N) is 6. The molecule has 0 atom stereocenters. The van der Waals surface area contributed by atoms with E-state index in [1.165, 1.54) is 0 Å². The highest BCUT2D eigenvalue weighted by molar-refractivity contribution is 5.82. The molecule has 0 unspecified atom stereocenters. The quantitative estimate of drug-likeness (QED) is 0.563. The van der Waals surface area contributed by atoms with Gasteiger partial charge in [-0.1, -0.05) is 6.07 Å². The van der Waals surface area contributed by atoms with Crippen molar-refractivity contribution in [1.82, 2.24) is 29.5 Å². The first-order chi connectivity index (χ1) is 10.3. The average molecular weight is 276 g/mol. The zero-order chi connectivity index (χ0) is 14.2. The van der Waals surface area contributed by atoms with Gasteiger partial charge in [-0.15, -0.1) is 0 Å². The van der Waals surface area contributed by atoms with Gasteiger partial charge in [0.25, 0.3) is 0 Å². The molecule has 4 aromatic rings. The van der Waals surface area contributed by atoms with Crippen LogP contribution < -0.4 is 0 Å². The molecule has 4 rings (SSSR count). The normalized spacial score (nSPS) is 11.1. The molecule has 0 aliphatic heterocycles. The highest BCUT2D eigenvalue weighted by Gasteiger charge is 2.09. The first-order valence-electron chi connectivity index (χ1n) is 6.55. The molecule has 4 aromatic heterocycles. The summed E-state index contributed by atoms with van der Waals surface area (Å²) in [6.45, 7) is 0. The second kappa shape index (κ2) is 4.52. The van der Waals surface area contributed by atoms with Crippen molar-refractivity contribution in [2.45, 2.75) is 0 Å². The van der Waals surface area contributed by atoms with Crippen LogP contribution in [0, 0.1) is 0 Å². The molecule has 6 heteroatoms. The molecule has 102 valence electrons. The maximum atomic E-state index is 4.47. The van der Waals surface area contributed by atoms with Crippen LogP contribution in [0.3, 0.4) is 0 Å². The van der Waals surface area contributed by atoms with Crippen LogP contribution in [0.25, 0.3) is 28.0 Å². The largest absolute Gasteiger partial charge is 0.275 e. The van der Waals surface area contributed by atoms with Gasteiger partial charge in [-0.3, -0.25) is 9.67 Å². The van der Waals surface area contributed by atoms with E-state index in [0.29, 0.717) is 0 Å². The fourth-order valence-corrected chi connectivity index (χ4v) is 2.29. The third kappa shape index (κ3) is 1.97. The fourth-order valence-electron chi connectivity index (χ4n) is 2.29. The summed E-state index contributed by atoms with van der Waals surface area (Å²) in [6, 6.07) is 7.77. The van der Waals surface area contributed by atoms with Gasteiger partial charge in [0.05, 0.1) is 23.6 Å². The van der Waals surface area contributed by atoms with Crippen molar-refractivity contribution in [3.05, 3.63) is 55.2 Å². The molecule has 0 amide bonds. The SMILES string of the molecule is Cn1cc(-c2cc3c(cn2)cnn3-c2ccccn2)cn1.